The van der Waals surface area contributed by atoms with Crippen LogP contribution in [-0.4, -0.2) is 12.3 Å². The third kappa shape index (κ3) is 3.05. The lowest BCUT2D eigenvalue weighted by Gasteiger charge is -2.34. The fourth-order valence-corrected chi connectivity index (χ4v) is 10.6. The summed E-state index contributed by atoms with van der Waals surface area (Å²) in [6.45, 7) is 0. The molecule has 0 saturated heterocycles. The van der Waals surface area contributed by atoms with Crippen LogP contribution in [0.5, 0.6) is 11.5 Å². The van der Waals surface area contributed by atoms with E-state index in [0.29, 0.717) is 16.8 Å². The van der Waals surface area contributed by atoms with E-state index >= 15 is 0 Å². The number of fused-ring (bicyclic) bond motifs is 6. The van der Waals surface area contributed by atoms with E-state index in [1.165, 1.54) is 0 Å². The first-order valence-electron chi connectivity index (χ1n) is 10.8. The topological polar surface area (TPSA) is 52.6 Å². The minimum absolute atomic E-state index is 0.155. The number of allylic oxidation sites excluding steroid dienone is 4. The quantitative estimate of drug-likeness (QED) is 0.392. The second-order valence-electron chi connectivity index (χ2n) is 8.27. The Labute approximate surface area is 187 Å². The zero-order chi connectivity index (χ0) is 21.8. The van der Waals surface area contributed by atoms with Gasteiger partial charge in [-0.3, -0.25) is 9.13 Å². The van der Waals surface area contributed by atoms with Crippen molar-refractivity contribution in [3.8, 4) is 22.6 Å². The van der Waals surface area contributed by atoms with Crippen LogP contribution in [0.3, 0.4) is 0 Å². The summed E-state index contributed by atoms with van der Waals surface area (Å²) in [4.78, 5) is 0. The van der Waals surface area contributed by atoms with Crippen LogP contribution >= 0.6 is 14.7 Å². The predicted octanol–water partition coefficient (Wildman–Crippen LogP) is 7.08. The fourth-order valence-electron chi connectivity index (χ4n) is 4.78. The lowest BCUT2D eigenvalue weighted by Crippen LogP contribution is -2.22. The second-order valence-corrected chi connectivity index (χ2v) is 13.2. The molecule has 160 valence electrons. The molecular weight excluding hydrogens is 438 g/mol. The number of rotatable bonds is 3. The third-order valence-electron chi connectivity index (χ3n) is 6.30. The van der Waals surface area contributed by atoms with Crippen molar-refractivity contribution in [1.29, 1.82) is 0 Å². The summed E-state index contributed by atoms with van der Waals surface area (Å²) in [7, 11) is -6.52. The van der Waals surface area contributed by atoms with E-state index in [0.717, 1.165) is 40.4 Å². The molecule has 2 atom stereocenters. The molecule has 0 bridgehead atoms. The van der Waals surface area contributed by atoms with Gasteiger partial charge in [0.25, 0.3) is 14.7 Å². The van der Waals surface area contributed by atoms with Gasteiger partial charge in [0.2, 0.25) is 0 Å². The van der Waals surface area contributed by atoms with Gasteiger partial charge in [0, 0.05) is 23.5 Å². The average molecular weight is 460 g/mol. The maximum absolute atomic E-state index is 14.2. The Morgan fingerprint density at radius 1 is 0.625 bits per heavy atom. The van der Waals surface area contributed by atoms with Crippen molar-refractivity contribution < 1.29 is 18.2 Å². The Kier molecular flexibility index (Phi) is 4.57. The van der Waals surface area contributed by atoms with E-state index in [1.807, 2.05) is 78.9 Å². The molecule has 0 spiro atoms. The Bertz CT molecular complexity index is 1400. The molecule has 2 unspecified atom stereocenters. The molecule has 2 aliphatic heterocycles. The fraction of sp³-hybridized carbons (Fsp3) is 0.154. The van der Waals surface area contributed by atoms with Gasteiger partial charge in [0.1, 0.15) is 11.5 Å². The number of benzene rings is 3. The number of para-hydroxylation sites is 2. The van der Waals surface area contributed by atoms with Gasteiger partial charge >= 0.3 is 0 Å². The molecule has 4 nitrogen and oxygen atoms in total. The van der Waals surface area contributed by atoms with Gasteiger partial charge in [-0.05, 0) is 42.2 Å². The molecule has 1 aliphatic carbocycles. The van der Waals surface area contributed by atoms with Crippen molar-refractivity contribution >= 4 is 25.6 Å². The molecule has 0 fully saturated rings. The second kappa shape index (κ2) is 7.37. The highest BCUT2D eigenvalue weighted by atomic mass is 31.2. The molecule has 6 rings (SSSR count). The highest BCUT2D eigenvalue weighted by Crippen LogP contribution is 2.67. The largest absolute Gasteiger partial charge is 0.439 e. The molecule has 0 amide bonds. The summed E-state index contributed by atoms with van der Waals surface area (Å²) in [6, 6.07) is 23.0. The summed E-state index contributed by atoms with van der Waals surface area (Å²) >= 11 is 0. The summed E-state index contributed by atoms with van der Waals surface area (Å²) in [5.74, 6) is 1.25. The molecule has 0 saturated carbocycles. The Morgan fingerprint density at radius 3 is 2.00 bits per heavy atom. The van der Waals surface area contributed by atoms with E-state index in [1.54, 1.807) is 0 Å². The van der Waals surface area contributed by atoms with E-state index in [9.17, 15) is 9.13 Å². The normalized spacial score (nSPS) is 25.0. The van der Waals surface area contributed by atoms with Crippen molar-refractivity contribution in [3.05, 3.63) is 95.8 Å². The van der Waals surface area contributed by atoms with E-state index < -0.39 is 14.7 Å². The van der Waals surface area contributed by atoms with E-state index in [4.69, 9.17) is 9.05 Å². The molecule has 3 aromatic rings. The maximum atomic E-state index is 14.2. The number of hydrogen-bond donors (Lipinski definition) is 0. The first-order chi connectivity index (χ1) is 15.6. The van der Waals surface area contributed by atoms with Gasteiger partial charge in [0.15, 0.2) is 0 Å². The van der Waals surface area contributed by atoms with Crippen LogP contribution in [0.1, 0.15) is 18.4 Å². The highest BCUT2D eigenvalue weighted by Gasteiger charge is 2.43. The van der Waals surface area contributed by atoms with Gasteiger partial charge < -0.3 is 9.05 Å². The molecule has 0 radical (unpaired) electrons. The van der Waals surface area contributed by atoms with E-state index in [2.05, 4.69) is 6.08 Å². The molecule has 32 heavy (non-hydrogen) atoms. The van der Waals surface area contributed by atoms with Gasteiger partial charge in [0.05, 0.1) is 10.6 Å². The van der Waals surface area contributed by atoms with Crippen LogP contribution < -0.4 is 14.4 Å². The van der Waals surface area contributed by atoms with Crippen LogP contribution in [0.15, 0.2) is 90.3 Å². The highest BCUT2D eigenvalue weighted by molar-refractivity contribution is 7.70. The van der Waals surface area contributed by atoms with Gasteiger partial charge in [-0.2, -0.15) is 0 Å². The summed E-state index contributed by atoms with van der Waals surface area (Å²) < 4.78 is 40.7. The van der Waals surface area contributed by atoms with E-state index in [-0.39, 0.29) is 12.3 Å². The number of hydrogen-bond acceptors (Lipinski definition) is 4. The van der Waals surface area contributed by atoms with Gasteiger partial charge in [-0.25, -0.2) is 0 Å². The Balaban J connectivity index is 1.38. The van der Waals surface area contributed by atoms with Gasteiger partial charge in [-0.15, -0.1) is 0 Å². The summed E-state index contributed by atoms with van der Waals surface area (Å²) in [5, 5.41) is 1.45. The summed E-state index contributed by atoms with van der Waals surface area (Å²) in [6.07, 6.45) is 6.25. The van der Waals surface area contributed by atoms with Gasteiger partial charge in [-0.1, -0.05) is 66.7 Å². The van der Waals surface area contributed by atoms with Crippen LogP contribution in [0.2, 0.25) is 0 Å². The zero-order valence-electron chi connectivity index (χ0n) is 17.4. The van der Waals surface area contributed by atoms with Crippen molar-refractivity contribution in [2.75, 3.05) is 12.3 Å². The first-order valence-corrected chi connectivity index (χ1v) is 14.5. The minimum atomic E-state index is -3.28. The van der Waals surface area contributed by atoms with Crippen LogP contribution in [0, 0.1) is 0 Å². The first kappa shape index (κ1) is 19.9. The average Bonchev–Trinajstić information content (AvgIpc) is 2.84. The molecule has 0 N–H and O–H groups in total. The standard InChI is InChI=1S/C26H22O4P2/c27-31(25-15-7-3-11-21(25)19-9-1-5-13-23(19)29-31)17-18-32(28)26-16-8-4-12-22(26)20-10-2-6-14-24(20)30-32/h1-3,5-7,9-16H,4,8,17-18H2. The smallest absolute Gasteiger partial charge is 0.278 e. The minimum Gasteiger partial charge on any atom is -0.439 e. The molecule has 6 heteroatoms. The van der Waals surface area contributed by atoms with Crippen molar-refractivity contribution in [2.45, 2.75) is 12.8 Å². The monoisotopic (exact) mass is 460 g/mol. The van der Waals surface area contributed by atoms with Crippen LogP contribution in [0.4, 0.5) is 0 Å². The molecule has 3 aliphatic rings. The van der Waals surface area contributed by atoms with Crippen molar-refractivity contribution in [3.63, 3.8) is 0 Å². The van der Waals surface area contributed by atoms with Crippen molar-refractivity contribution in [1.82, 2.24) is 0 Å². The zero-order valence-corrected chi connectivity index (χ0v) is 19.2. The van der Waals surface area contributed by atoms with Crippen molar-refractivity contribution in [2.24, 2.45) is 0 Å². The molecule has 0 aromatic heterocycles. The lowest BCUT2D eigenvalue weighted by atomic mass is 9.98. The molecule has 2 heterocycles. The molecular formula is C26H22O4P2. The summed E-state index contributed by atoms with van der Waals surface area (Å²) in [5.41, 5.74) is 3.83. The predicted molar refractivity (Wildman–Crippen MR) is 129 cm³/mol. The lowest BCUT2D eigenvalue weighted by molar-refractivity contribution is 0.478. The Hall–Kier alpha value is -2.80. The Morgan fingerprint density at radius 2 is 1.19 bits per heavy atom. The third-order valence-corrected chi connectivity index (χ3v) is 11.5. The van der Waals surface area contributed by atoms with Crippen LogP contribution in [-0.2, 0) is 9.13 Å². The van der Waals surface area contributed by atoms with Crippen LogP contribution in [0.25, 0.3) is 16.7 Å². The molecule has 3 aromatic carbocycles. The maximum Gasteiger partial charge on any atom is 0.278 e. The SMILES string of the molecule is O=P1(CCP2(=O)Oc3ccccc3-c3ccccc32)Oc2ccccc2C2=CCCC=C21.